The summed E-state index contributed by atoms with van der Waals surface area (Å²) in [6.07, 6.45) is 3.04. The molecule has 8 nitrogen and oxygen atoms in total. The van der Waals surface area contributed by atoms with Gasteiger partial charge in [0.1, 0.15) is 29.0 Å². The second kappa shape index (κ2) is 6.93. The molecule has 0 radical (unpaired) electrons. The Morgan fingerprint density at radius 2 is 2.00 bits per heavy atom. The minimum atomic E-state index is -0.405. The van der Waals surface area contributed by atoms with Crippen LogP contribution in [0, 0.1) is 5.82 Å². The Kier molecular flexibility index (Phi) is 4.13. The van der Waals surface area contributed by atoms with Crippen molar-refractivity contribution in [2.75, 3.05) is 6.61 Å². The fraction of sp³-hybridized carbons (Fsp3) is 0.211. The van der Waals surface area contributed by atoms with Crippen LogP contribution in [0.25, 0.3) is 28.8 Å². The number of halogens is 1. The number of pyridine rings is 1. The quantitative estimate of drug-likeness (QED) is 0.537. The van der Waals surface area contributed by atoms with Gasteiger partial charge < -0.3 is 9.26 Å². The molecule has 0 aliphatic carbocycles. The molecule has 0 N–H and O–H groups in total. The van der Waals surface area contributed by atoms with Gasteiger partial charge in [0, 0.05) is 12.8 Å². The van der Waals surface area contributed by atoms with Gasteiger partial charge in [-0.15, -0.1) is 5.10 Å². The van der Waals surface area contributed by atoms with Gasteiger partial charge in [0.2, 0.25) is 5.82 Å². The van der Waals surface area contributed by atoms with Crippen LogP contribution in [0.1, 0.15) is 24.6 Å². The average molecular weight is 378 g/mol. The zero-order chi connectivity index (χ0) is 18.9. The van der Waals surface area contributed by atoms with Gasteiger partial charge in [-0.3, -0.25) is 4.98 Å². The summed E-state index contributed by atoms with van der Waals surface area (Å²) in [5.74, 6) is 0.126. The van der Waals surface area contributed by atoms with Gasteiger partial charge in [-0.05, 0) is 37.1 Å². The third kappa shape index (κ3) is 2.85. The van der Waals surface area contributed by atoms with Crippen LogP contribution in [0.2, 0.25) is 0 Å². The molecule has 28 heavy (non-hydrogen) atoms. The monoisotopic (exact) mass is 378 g/mol. The van der Waals surface area contributed by atoms with Crippen LogP contribution in [-0.4, -0.2) is 36.7 Å². The largest absolute Gasteiger partial charge is 0.372 e. The van der Waals surface area contributed by atoms with Crippen molar-refractivity contribution in [1.29, 1.82) is 0 Å². The lowest BCUT2D eigenvalue weighted by molar-refractivity contribution is 0.107. The topological polar surface area (TPSA) is 91.8 Å². The molecule has 9 heteroatoms. The van der Waals surface area contributed by atoms with E-state index in [1.165, 1.54) is 10.7 Å². The van der Waals surface area contributed by atoms with E-state index >= 15 is 0 Å². The summed E-state index contributed by atoms with van der Waals surface area (Å²) in [5.41, 5.74) is 1.84. The Labute approximate surface area is 159 Å². The van der Waals surface area contributed by atoms with Crippen molar-refractivity contribution in [2.45, 2.75) is 18.9 Å². The van der Waals surface area contributed by atoms with E-state index in [0.29, 0.717) is 29.5 Å². The molecule has 5 rings (SSSR count). The van der Waals surface area contributed by atoms with E-state index in [9.17, 15) is 4.39 Å². The summed E-state index contributed by atoms with van der Waals surface area (Å²) in [4.78, 5) is 8.63. The van der Waals surface area contributed by atoms with Crippen LogP contribution < -0.4 is 0 Å². The molecule has 1 fully saturated rings. The zero-order valence-electron chi connectivity index (χ0n) is 14.7. The fourth-order valence-electron chi connectivity index (χ4n) is 3.24. The number of hydrogen-bond donors (Lipinski definition) is 0. The lowest BCUT2D eigenvalue weighted by Gasteiger charge is -2.13. The van der Waals surface area contributed by atoms with E-state index in [2.05, 4.69) is 25.4 Å². The molecule has 3 aromatic heterocycles. The van der Waals surface area contributed by atoms with Crippen molar-refractivity contribution in [3.8, 4) is 28.8 Å². The number of para-hydroxylation sites is 1. The van der Waals surface area contributed by atoms with E-state index in [1.807, 2.05) is 6.07 Å². The molecular formula is C19H15FN6O2. The molecule has 1 unspecified atom stereocenters. The maximum atomic E-state index is 14.4. The van der Waals surface area contributed by atoms with Gasteiger partial charge in [-0.2, -0.15) is 4.98 Å². The van der Waals surface area contributed by atoms with Gasteiger partial charge >= 0.3 is 0 Å². The van der Waals surface area contributed by atoms with Crippen molar-refractivity contribution < 1.29 is 13.7 Å². The minimum Gasteiger partial charge on any atom is -0.372 e. The van der Waals surface area contributed by atoms with E-state index in [1.54, 1.807) is 36.5 Å². The molecule has 1 atom stereocenters. The number of ether oxygens (including phenoxy) is 1. The molecule has 140 valence electrons. The Hall–Kier alpha value is -3.46. The summed E-state index contributed by atoms with van der Waals surface area (Å²) in [6, 6.07) is 11.8. The first-order chi connectivity index (χ1) is 13.8. The molecule has 4 heterocycles. The van der Waals surface area contributed by atoms with E-state index < -0.39 is 5.82 Å². The second-order valence-electron chi connectivity index (χ2n) is 6.33. The Morgan fingerprint density at radius 1 is 1.11 bits per heavy atom. The lowest BCUT2D eigenvalue weighted by Crippen LogP contribution is -2.09. The maximum absolute atomic E-state index is 14.4. The predicted molar refractivity (Wildman–Crippen MR) is 95.8 cm³/mol. The van der Waals surface area contributed by atoms with Crippen molar-refractivity contribution in [3.63, 3.8) is 0 Å². The normalized spacial score (nSPS) is 16.5. The number of hydrogen-bond acceptors (Lipinski definition) is 7. The SMILES string of the molecule is Fc1ccccc1-n1nnc(-c2nc(-c3ccccn3)no2)c1C1CCCO1. The highest BCUT2D eigenvalue weighted by Gasteiger charge is 2.31. The summed E-state index contributed by atoms with van der Waals surface area (Å²) >= 11 is 0. The van der Waals surface area contributed by atoms with Crippen molar-refractivity contribution >= 4 is 0 Å². The Bertz CT molecular complexity index is 1100. The van der Waals surface area contributed by atoms with Gasteiger partial charge in [-0.1, -0.05) is 28.6 Å². The number of aromatic nitrogens is 6. The number of nitrogens with zero attached hydrogens (tertiary/aromatic N) is 6. The van der Waals surface area contributed by atoms with Gasteiger partial charge in [0.15, 0.2) is 5.69 Å². The summed E-state index contributed by atoms with van der Waals surface area (Å²) in [7, 11) is 0. The van der Waals surface area contributed by atoms with Crippen molar-refractivity contribution in [2.24, 2.45) is 0 Å². The first kappa shape index (κ1) is 16.7. The van der Waals surface area contributed by atoms with Crippen LogP contribution in [0.4, 0.5) is 4.39 Å². The Balaban J connectivity index is 1.62. The van der Waals surface area contributed by atoms with E-state index in [4.69, 9.17) is 9.26 Å². The molecule has 4 aromatic rings. The molecule has 1 aliphatic heterocycles. The van der Waals surface area contributed by atoms with E-state index in [0.717, 1.165) is 12.8 Å². The van der Waals surface area contributed by atoms with Gasteiger partial charge in [0.25, 0.3) is 5.89 Å². The van der Waals surface area contributed by atoms with Crippen LogP contribution >= 0.6 is 0 Å². The van der Waals surface area contributed by atoms with Crippen molar-refractivity contribution in [3.05, 3.63) is 60.2 Å². The smallest absolute Gasteiger partial charge is 0.280 e. The standard InChI is InChI=1S/C19H15FN6O2/c20-12-6-1-2-8-14(12)26-17(15-9-5-11-27-15)16(23-25-26)19-22-18(24-28-19)13-7-3-4-10-21-13/h1-4,6-8,10,15H,5,9,11H2. The second-order valence-corrected chi connectivity index (χ2v) is 6.33. The lowest BCUT2D eigenvalue weighted by atomic mass is 10.1. The Morgan fingerprint density at radius 3 is 2.79 bits per heavy atom. The average Bonchev–Trinajstić information content (AvgIpc) is 3.48. The van der Waals surface area contributed by atoms with Crippen LogP contribution in [0.3, 0.4) is 0 Å². The molecule has 1 aromatic carbocycles. The molecule has 0 saturated carbocycles. The summed E-state index contributed by atoms with van der Waals surface area (Å²) in [5, 5.41) is 12.3. The minimum absolute atomic E-state index is 0.189. The van der Waals surface area contributed by atoms with Gasteiger partial charge in [0.05, 0.1) is 0 Å². The van der Waals surface area contributed by atoms with Crippen LogP contribution in [-0.2, 0) is 4.74 Å². The zero-order valence-corrected chi connectivity index (χ0v) is 14.7. The predicted octanol–water partition coefficient (Wildman–Crippen LogP) is 3.37. The first-order valence-electron chi connectivity index (χ1n) is 8.89. The molecule has 0 bridgehead atoms. The van der Waals surface area contributed by atoms with Gasteiger partial charge in [-0.25, -0.2) is 9.07 Å². The molecule has 0 spiro atoms. The summed E-state index contributed by atoms with van der Waals surface area (Å²) in [6.45, 7) is 0.621. The van der Waals surface area contributed by atoms with Crippen LogP contribution in [0.15, 0.2) is 53.2 Å². The molecule has 0 amide bonds. The maximum Gasteiger partial charge on any atom is 0.280 e. The third-order valence-electron chi connectivity index (χ3n) is 4.54. The summed E-state index contributed by atoms with van der Waals surface area (Å²) < 4.78 is 27.1. The number of rotatable bonds is 4. The highest BCUT2D eigenvalue weighted by molar-refractivity contribution is 5.57. The van der Waals surface area contributed by atoms with Crippen LogP contribution in [0.5, 0.6) is 0 Å². The third-order valence-corrected chi connectivity index (χ3v) is 4.54. The van der Waals surface area contributed by atoms with E-state index in [-0.39, 0.29) is 17.7 Å². The first-order valence-corrected chi connectivity index (χ1v) is 8.89. The molecule has 1 saturated heterocycles. The fourth-order valence-corrected chi connectivity index (χ4v) is 3.24. The highest BCUT2D eigenvalue weighted by atomic mass is 19.1. The van der Waals surface area contributed by atoms with Crippen molar-refractivity contribution in [1.82, 2.24) is 30.1 Å². The highest BCUT2D eigenvalue weighted by Crippen LogP contribution is 2.36. The molecule has 1 aliphatic rings. The molecular weight excluding hydrogens is 363 g/mol. The number of benzene rings is 1.